The van der Waals surface area contributed by atoms with Crippen molar-refractivity contribution >= 4 is 52.7 Å². The maximum atomic E-state index is 13.4. The highest BCUT2D eigenvalue weighted by Gasteiger charge is 2.30. The van der Waals surface area contributed by atoms with E-state index < -0.39 is 12.0 Å². The average molecular weight is 485 g/mol. The Bertz CT molecular complexity index is 1440. The van der Waals surface area contributed by atoms with Crippen molar-refractivity contribution in [2.45, 2.75) is 13.0 Å². The zero-order chi connectivity index (χ0) is 22.8. The SMILES string of the molecule is COC(=O)C1=C(C)N=c2s/c(=C/c3ccc(Cl)cc3Cl)c(=O)n2[C@H]1/C=C\c1ccccc1. The van der Waals surface area contributed by atoms with E-state index in [-0.39, 0.29) is 5.56 Å². The molecule has 1 aliphatic rings. The van der Waals surface area contributed by atoms with Crippen LogP contribution in [-0.2, 0) is 9.53 Å². The van der Waals surface area contributed by atoms with Crippen molar-refractivity contribution in [3.8, 4) is 0 Å². The molecule has 0 saturated heterocycles. The zero-order valence-electron chi connectivity index (χ0n) is 17.2. The summed E-state index contributed by atoms with van der Waals surface area (Å²) in [6, 6.07) is 14.1. The van der Waals surface area contributed by atoms with Gasteiger partial charge in [-0.25, -0.2) is 9.79 Å². The molecule has 0 unspecified atom stereocenters. The second kappa shape index (κ2) is 9.28. The number of methoxy groups -OCH3 is 1. The van der Waals surface area contributed by atoms with Crippen LogP contribution < -0.4 is 14.9 Å². The van der Waals surface area contributed by atoms with E-state index in [1.807, 2.05) is 42.5 Å². The second-order valence-corrected chi connectivity index (χ2v) is 8.90. The van der Waals surface area contributed by atoms with Gasteiger partial charge in [0, 0.05) is 10.0 Å². The van der Waals surface area contributed by atoms with Crippen molar-refractivity contribution in [3.63, 3.8) is 0 Å². The Morgan fingerprint density at radius 1 is 1.19 bits per heavy atom. The van der Waals surface area contributed by atoms with Crippen LogP contribution >= 0.6 is 34.5 Å². The number of hydrogen-bond acceptors (Lipinski definition) is 5. The number of thiazole rings is 1. The van der Waals surface area contributed by atoms with Gasteiger partial charge in [-0.3, -0.25) is 9.36 Å². The number of halogens is 2. The number of carbonyl (C=O) groups excluding carboxylic acids is 1. The van der Waals surface area contributed by atoms with Crippen LogP contribution in [0.3, 0.4) is 0 Å². The average Bonchev–Trinajstić information content (AvgIpc) is 3.08. The van der Waals surface area contributed by atoms with E-state index in [1.165, 1.54) is 23.0 Å². The first-order valence-electron chi connectivity index (χ1n) is 9.68. The maximum Gasteiger partial charge on any atom is 0.338 e. The third-order valence-corrected chi connectivity index (χ3v) is 6.53. The largest absolute Gasteiger partial charge is 0.466 e. The first kappa shape index (κ1) is 22.3. The maximum absolute atomic E-state index is 13.4. The molecule has 8 heteroatoms. The van der Waals surface area contributed by atoms with Gasteiger partial charge in [0.2, 0.25) is 0 Å². The van der Waals surface area contributed by atoms with E-state index in [2.05, 4.69) is 4.99 Å². The van der Waals surface area contributed by atoms with Crippen LogP contribution in [0.15, 0.2) is 75.7 Å². The Labute approximate surface area is 198 Å². The van der Waals surface area contributed by atoms with Gasteiger partial charge in [0.05, 0.1) is 29.0 Å². The first-order valence-corrected chi connectivity index (χ1v) is 11.3. The predicted molar refractivity (Wildman–Crippen MR) is 129 cm³/mol. The van der Waals surface area contributed by atoms with Gasteiger partial charge >= 0.3 is 5.97 Å². The van der Waals surface area contributed by atoms with Crippen molar-refractivity contribution in [2.75, 3.05) is 7.11 Å². The van der Waals surface area contributed by atoms with Gasteiger partial charge in [0.1, 0.15) is 0 Å². The standard InChI is InChI=1S/C24H18Cl2N2O3S/c1-14-21(23(30)31-2)19(11-8-15-6-4-3-5-7-15)28-22(29)20(32-24(28)27-14)12-16-9-10-17(25)13-18(16)26/h3-13,19H,1-2H3/b11-8-,20-12+/t19-/m0/s1. The van der Waals surface area contributed by atoms with Crippen molar-refractivity contribution in [1.82, 2.24) is 4.57 Å². The molecule has 0 N–H and O–H groups in total. The number of benzene rings is 2. The quantitative estimate of drug-likeness (QED) is 0.516. The third kappa shape index (κ3) is 4.35. The van der Waals surface area contributed by atoms with Crippen molar-refractivity contribution < 1.29 is 9.53 Å². The van der Waals surface area contributed by atoms with Gasteiger partial charge in [-0.1, -0.05) is 83.1 Å². The molecule has 0 amide bonds. The van der Waals surface area contributed by atoms with Crippen LogP contribution in [0.25, 0.3) is 12.2 Å². The number of aromatic nitrogens is 1. The fourth-order valence-corrected chi connectivity index (χ4v) is 4.95. The van der Waals surface area contributed by atoms with E-state index in [1.54, 1.807) is 31.2 Å². The minimum Gasteiger partial charge on any atom is -0.466 e. The Morgan fingerprint density at radius 3 is 2.62 bits per heavy atom. The summed E-state index contributed by atoms with van der Waals surface area (Å²) in [5, 5.41) is 0.952. The molecule has 4 rings (SSSR count). The molecule has 0 spiro atoms. The molecular weight excluding hydrogens is 467 g/mol. The van der Waals surface area contributed by atoms with Crippen molar-refractivity contribution in [1.29, 1.82) is 0 Å². The van der Waals surface area contributed by atoms with Gasteiger partial charge in [-0.2, -0.15) is 0 Å². The number of ether oxygens (including phenoxy) is 1. The van der Waals surface area contributed by atoms with E-state index in [9.17, 15) is 9.59 Å². The summed E-state index contributed by atoms with van der Waals surface area (Å²) in [7, 11) is 1.31. The van der Waals surface area contributed by atoms with Crippen LogP contribution in [0.1, 0.15) is 24.1 Å². The van der Waals surface area contributed by atoms with E-state index in [4.69, 9.17) is 27.9 Å². The Morgan fingerprint density at radius 2 is 1.94 bits per heavy atom. The van der Waals surface area contributed by atoms with E-state index in [0.717, 1.165) is 5.56 Å². The molecule has 0 bridgehead atoms. The van der Waals surface area contributed by atoms with Gasteiger partial charge in [-0.05, 0) is 36.3 Å². The zero-order valence-corrected chi connectivity index (χ0v) is 19.5. The normalized spacial score (nSPS) is 16.2. The summed E-state index contributed by atoms with van der Waals surface area (Å²) >= 11 is 13.5. The molecule has 2 aromatic carbocycles. The molecule has 32 heavy (non-hydrogen) atoms. The lowest BCUT2D eigenvalue weighted by molar-refractivity contribution is -0.136. The first-order chi connectivity index (χ1) is 15.4. The lowest BCUT2D eigenvalue weighted by atomic mass is 10.0. The number of nitrogens with zero attached hydrogens (tertiary/aromatic N) is 2. The second-order valence-electron chi connectivity index (χ2n) is 7.05. The van der Waals surface area contributed by atoms with Crippen LogP contribution in [0.4, 0.5) is 0 Å². The highest BCUT2D eigenvalue weighted by molar-refractivity contribution is 7.07. The molecule has 5 nitrogen and oxygen atoms in total. The molecule has 0 fully saturated rings. The number of carbonyl (C=O) groups is 1. The van der Waals surface area contributed by atoms with Gasteiger partial charge in [0.15, 0.2) is 4.80 Å². The van der Waals surface area contributed by atoms with E-state index in [0.29, 0.717) is 36.2 Å². The molecule has 1 aliphatic heterocycles. The number of allylic oxidation sites excluding steroid dienone is 2. The number of hydrogen-bond donors (Lipinski definition) is 0. The highest BCUT2D eigenvalue weighted by atomic mass is 35.5. The lowest BCUT2D eigenvalue weighted by Gasteiger charge is -2.21. The number of esters is 1. The smallest absolute Gasteiger partial charge is 0.338 e. The summed E-state index contributed by atoms with van der Waals surface area (Å²) in [6.45, 7) is 1.74. The molecule has 1 atom stereocenters. The van der Waals surface area contributed by atoms with Gasteiger partial charge < -0.3 is 4.74 Å². The highest BCUT2D eigenvalue weighted by Crippen LogP contribution is 2.26. The van der Waals surface area contributed by atoms with E-state index >= 15 is 0 Å². The summed E-state index contributed by atoms with van der Waals surface area (Å²) in [5.41, 5.74) is 2.18. The number of fused-ring (bicyclic) bond motifs is 1. The summed E-state index contributed by atoms with van der Waals surface area (Å²) in [5.74, 6) is -0.524. The van der Waals surface area contributed by atoms with Gasteiger partial charge in [0.25, 0.3) is 5.56 Å². The Hall–Kier alpha value is -2.93. The van der Waals surface area contributed by atoms with Crippen LogP contribution in [0.2, 0.25) is 10.0 Å². The minimum atomic E-state index is -0.651. The van der Waals surface area contributed by atoms with Crippen molar-refractivity contribution in [2.24, 2.45) is 4.99 Å². The topological polar surface area (TPSA) is 60.7 Å². The molecule has 0 aliphatic carbocycles. The lowest BCUT2D eigenvalue weighted by Crippen LogP contribution is -2.38. The molecule has 0 radical (unpaired) electrons. The molecular formula is C24H18Cl2N2O3S. The van der Waals surface area contributed by atoms with Gasteiger partial charge in [-0.15, -0.1) is 0 Å². The molecule has 3 aromatic rings. The third-order valence-electron chi connectivity index (χ3n) is 4.99. The van der Waals surface area contributed by atoms with Crippen LogP contribution in [0.5, 0.6) is 0 Å². The fourth-order valence-electron chi connectivity index (χ4n) is 3.44. The molecule has 1 aromatic heterocycles. The van der Waals surface area contributed by atoms with Crippen molar-refractivity contribution in [3.05, 3.63) is 107 Å². The fraction of sp³-hybridized carbons (Fsp3) is 0.125. The Kier molecular flexibility index (Phi) is 6.46. The van der Waals surface area contributed by atoms with Crippen LogP contribution in [0, 0.1) is 0 Å². The predicted octanol–water partition coefficient (Wildman–Crippen LogP) is 4.38. The van der Waals surface area contributed by atoms with Crippen LogP contribution in [-0.4, -0.2) is 17.6 Å². The monoisotopic (exact) mass is 484 g/mol. The molecule has 162 valence electrons. The number of rotatable bonds is 4. The minimum absolute atomic E-state index is 0.267. The Balaban J connectivity index is 1.90. The molecule has 2 heterocycles. The summed E-state index contributed by atoms with van der Waals surface area (Å²) in [4.78, 5) is 31.0. The summed E-state index contributed by atoms with van der Waals surface area (Å²) in [6.07, 6.45) is 5.40. The summed E-state index contributed by atoms with van der Waals surface area (Å²) < 4.78 is 6.95. The molecule has 0 saturated carbocycles.